The van der Waals surface area contributed by atoms with E-state index in [0.717, 1.165) is 11.1 Å². The van der Waals surface area contributed by atoms with Crippen LogP contribution in [0.25, 0.3) is 11.4 Å². The molecule has 0 spiro atoms. The summed E-state index contributed by atoms with van der Waals surface area (Å²) in [6.45, 7) is 8.97. The molecule has 2 heterocycles. The smallest absolute Gasteiger partial charge is 0.242 e. The van der Waals surface area contributed by atoms with E-state index >= 15 is 0 Å². The first-order chi connectivity index (χ1) is 13.8. The Morgan fingerprint density at radius 3 is 2.59 bits per heavy atom. The Balaban J connectivity index is 1.60. The average Bonchev–Trinajstić information content (AvgIpc) is 3.02. The van der Waals surface area contributed by atoms with Gasteiger partial charge in [0.15, 0.2) is 10.6 Å². The van der Waals surface area contributed by atoms with Crippen molar-refractivity contribution in [1.82, 2.24) is 29.9 Å². The lowest BCUT2D eigenvalue weighted by molar-refractivity contribution is -0.133. The number of nitrogens with one attached hydrogen (secondary N) is 2. The van der Waals surface area contributed by atoms with E-state index in [-0.39, 0.29) is 24.4 Å². The summed E-state index contributed by atoms with van der Waals surface area (Å²) in [6.07, 6.45) is 0. The zero-order valence-corrected chi connectivity index (χ0v) is 18.0. The first kappa shape index (κ1) is 21.2. The van der Waals surface area contributed by atoms with Gasteiger partial charge in [0.05, 0.1) is 6.54 Å². The molecule has 2 N–H and O–H groups in total. The van der Waals surface area contributed by atoms with Gasteiger partial charge < -0.3 is 10.2 Å². The van der Waals surface area contributed by atoms with Gasteiger partial charge in [0, 0.05) is 37.8 Å². The molecule has 8 nitrogen and oxygen atoms in total. The van der Waals surface area contributed by atoms with Crippen LogP contribution in [0.2, 0.25) is 0 Å². The molecule has 1 fully saturated rings. The molecule has 29 heavy (non-hydrogen) atoms. The number of nitrogens with zero attached hydrogens (tertiary/aromatic N) is 4. The van der Waals surface area contributed by atoms with Crippen molar-refractivity contribution in [3.8, 4) is 11.4 Å². The number of carbonyl (C=O) groups excluding carboxylic acids is 2. The fourth-order valence-corrected chi connectivity index (χ4v) is 3.63. The van der Waals surface area contributed by atoms with Crippen LogP contribution in [0, 0.1) is 11.7 Å². The van der Waals surface area contributed by atoms with Gasteiger partial charge in [0.2, 0.25) is 11.8 Å². The predicted octanol–water partition coefficient (Wildman–Crippen LogP) is 1.58. The van der Waals surface area contributed by atoms with Gasteiger partial charge >= 0.3 is 0 Å². The summed E-state index contributed by atoms with van der Waals surface area (Å²) in [5.74, 6) is 0.686. The van der Waals surface area contributed by atoms with Crippen LogP contribution >= 0.6 is 12.2 Å². The Kier molecular flexibility index (Phi) is 6.81. The van der Waals surface area contributed by atoms with E-state index in [0.29, 0.717) is 43.3 Å². The summed E-state index contributed by atoms with van der Waals surface area (Å²) in [7, 11) is 0. The summed E-state index contributed by atoms with van der Waals surface area (Å²) in [4.78, 5) is 28.7. The van der Waals surface area contributed by atoms with Crippen LogP contribution in [-0.4, -0.2) is 75.1 Å². The number of H-pyrrole nitrogens is 1. The Labute approximate surface area is 175 Å². The van der Waals surface area contributed by atoms with E-state index in [4.69, 9.17) is 12.2 Å². The molecule has 9 heteroatoms. The minimum absolute atomic E-state index is 0.00249. The van der Waals surface area contributed by atoms with Gasteiger partial charge in [-0.15, -0.1) is 0 Å². The van der Waals surface area contributed by atoms with Gasteiger partial charge in [-0.05, 0) is 39.1 Å². The number of amides is 2. The van der Waals surface area contributed by atoms with Crippen molar-refractivity contribution in [2.45, 2.75) is 33.4 Å². The third kappa shape index (κ3) is 5.51. The number of rotatable bonds is 6. The second kappa shape index (κ2) is 9.32. The summed E-state index contributed by atoms with van der Waals surface area (Å²) >= 11 is 5.35. The maximum Gasteiger partial charge on any atom is 0.242 e. The fourth-order valence-electron chi connectivity index (χ4n) is 3.43. The van der Waals surface area contributed by atoms with Crippen molar-refractivity contribution >= 4 is 24.0 Å². The van der Waals surface area contributed by atoms with Gasteiger partial charge in [-0.2, -0.15) is 5.10 Å². The Morgan fingerprint density at radius 1 is 1.21 bits per heavy atom. The number of aromatic amines is 1. The predicted molar refractivity (Wildman–Crippen MR) is 114 cm³/mol. The van der Waals surface area contributed by atoms with E-state index in [1.165, 1.54) is 0 Å². The number of carbonyl (C=O) groups is 2. The summed E-state index contributed by atoms with van der Waals surface area (Å²) < 4.78 is 2.17. The lowest BCUT2D eigenvalue weighted by Gasteiger charge is -2.34. The first-order valence-corrected chi connectivity index (χ1v) is 10.3. The molecule has 2 amide bonds. The highest BCUT2D eigenvalue weighted by atomic mass is 32.1. The molecule has 2 aromatic rings. The van der Waals surface area contributed by atoms with Crippen LogP contribution in [0.4, 0.5) is 0 Å². The van der Waals surface area contributed by atoms with Crippen LogP contribution in [0.5, 0.6) is 0 Å². The van der Waals surface area contributed by atoms with E-state index in [9.17, 15) is 9.59 Å². The lowest BCUT2D eigenvalue weighted by atomic mass is 10.1. The molecule has 0 atom stereocenters. The highest BCUT2D eigenvalue weighted by Gasteiger charge is 2.24. The normalized spacial score (nSPS) is 15.0. The van der Waals surface area contributed by atoms with E-state index in [2.05, 4.69) is 20.4 Å². The van der Waals surface area contributed by atoms with E-state index in [1.807, 2.05) is 49.9 Å². The highest BCUT2D eigenvalue weighted by Crippen LogP contribution is 2.19. The number of hydrogen-bond donors (Lipinski definition) is 2. The molecule has 1 saturated heterocycles. The van der Waals surface area contributed by atoms with Crippen LogP contribution in [0.1, 0.15) is 19.4 Å². The number of aromatic nitrogens is 3. The number of piperazine rings is 1. The Morgan fingerprint density at radius 2 is 1.93 bits per heavy atom. The fraction of sp³-hybridized carbons (Fsp3) is 0.500. The second-order valence-electron chi connectivity index (χ2n) is 7.69. The maximum atomic E-state index is 12.9. The zero-order valence-electron chi connectivity index (χ0n) is 17.1. The molecule has 1 aromatic carbocycles. The van der Waals surface area contributed by atoms with Gasteiger partial charge in [0.25, 0.3) is 0 Å². The minimum Gasteiger partial charge on any atom is -0.353 e. The molecular formula is C20H28N6O2S. The molecule has 0 aliphatic carbocycles. The van der Waals surface area contributed by atoms with Gasteiger partial charge in [-0.1, -0.05) is 23.8 Å². The second-order valence-corrected chi connectivity index (χ2v) is 8.07. The van der Waals surface area contributed by atoms with Crippen LogP contribution in [-0.2, 0) is 16.1 Å². The number of aryl methyl sites for hydroxylation is 1. The Bertz CT molecular complexity index is 927. The molecular weight excluding hydrogens is 388 g/mol. The number of hydrogen-bond acceptors (Lipinski definition) is 5. The third-order valence-corrected chi connectivity index (χ3v) is 5.18. The third-order valence-electron chi connectivity index (χ3n) is 4.87. The molecule has 0 bridgehead atoms. The van der Waals surface area contributed by atoms with Crippen molar-refractivity contribution in [2.24, 2.45) is 0 Å². The molecule has 1 aliphatic heterocycles. The molecule has 0 radical (unpaired) electrons. The minimum atomic E-state index is 0.00249. The van der Waals surface area contributed by atoms with Gasteiger partial charge in [-0.25, -0.2) is 0 Å². The quantitative estimate of drug-likeness (QED) is 0.699. The summed E-state index contributed by atoms with van der Waals surface area (Å²) in [5, 5.41) is 10.0. The molecule has 156 valence electrons. The van der Waals surface area contributed by atoms with Gasteiger partial charge in [-0.3, -0.25) is 24.2 Å². The molecule has 0 saturated carbocycles. The SMILES string of the molecule is Cc1cccc(-c2n[nH]c(=S)n2CC(=O)N2CCN(CC(=O)NC(C)C)CC2)c1. The van der Waals surface area contributed by atoms with Crippen molar-refractivity contribution in [2.75, 3.05) is 32.7 Å². The largest absolute Gasteiger partial charge is 0.353 e. The highest BCUT2D eigenvalue weighted by molar-refractivity contribution is 7.71. The summed E-state index contributed by atoms with van der Waals surface area (Å²) in [6, 6.07) is 8.09. The average molecular weight is 417 g/mol. The zero-order chi connectivity index (χ0) is 21.0. The monoisotopic (exact) mass is 416 g/mol. The van der Waals surface area contributed by atoms with E-state index < -0.39 is 0 Å². The van der Waals surface area contributed by atoms with Crippen molar-refractivity contribution in [1.29, 1.82) is 0 Å². The van der Waals surface area contributed by atoms with Crippen molar-refractivity contribution in [3.05, 3.63) is 34.6 Å². The van der Waals surface area contributed by atoms with E-state index in [1.54, 1.807) is 4.57 Å². The van der Waals surface area contributed by atoms with Crippen molar-refractivity contribution in [3.63, 3.8) is 0 Å². The molecule has 1 aliphatic rings. The molecule has 3 rings (SSSR count). The molecule has 0 unspecified atom stereocenters. The van der Waals surface area contributed by atoms with Gasteiger partial charge in [0.1, 0.15) is 6.54 Å². The van der Waals surface area contributed by atoms with Crippen molar-refractivity contribution < 1.29 is 9.59 Å². The van der Waals surface area contributed by atoms with Crippen LogP contribution in [0.15, 0.2) is 24.3 Å². The summed E-state index contributed by atoms with van der Waals surface area (Å²) in [5.41, 5.74) is 2.04. The topological polar surface area (TPSA) is 86.3 Å². The van der Waals surface area contributed by atoms with Crippen LogP contribution < -0.4 is 5.32 Å². The first-order valence-electron chi connectivity index (χ1n) is 9.85. The Hall–Kier alpha value is -2.52. The van der Waals surface area contributed by atoms with Crippen LogP contribution in [0.3, 0.4) is 0 Å². The maximum absolute atomic E-state index is 12.9. The standard InChI is InChI=1S/C20H28N6O2S/c1-14(2)21-17(27)12-24-7-9-25(10-8-24)18(28)13-26-19(22-23-20(26)29)16-6-4-5-15(3)11-16/h4-6,11,14H,7-10,12-13H2,1-3H3,(H,21,27)(H,23,29). The number of benzene rings is 1. The lowest BCUT2D eigenvalue weighted by Crippen LogP contribution is -2.52. The molecule has 1 aromatic heterocycles.